The summed E-state index contributed by atoms with van der Waals surface area (Å²) < 4.78 is 12.6. The molecule has 4 aromatic rings. The number of benzene rings is 1. The fourth-order valence-corrected chi connectivity index (χ4v) is 3.40. The summed E-state index contributed by atoms with van der Waals surface area (Å²) >= 11 is 0. The molecule has 0 fully saturated rings. The molecule has 0 radical (unpaired) electrons. The number of nitrogens with one attached hydrogen (secondary N) is 2. The molecule has 0 aliphatic carbocycles. The van der Waals surface area contributed by atoms with Crippen molar-refractivity contribution in [2.45, 2.75) is 13.8 Å². The lowest BCUT2D eigenvalue weighted by molar-refractivity contribution is -0.122. The zero-order valence-electron chi connectivity index (χ0n) is 18.0. The number of aromatic nitrogens is 3. The number of aryl methyl sites for hydroxylation is 2. The van der Waals surface area contributed by atoms with Crippen LogP contribution in [0, 0.1) is 6.92 Å². The molecule has 9 nitrogen and oxygen atoms in total. The van der Waals surface area contributed by atoms with Crippen molar-refractivity contribution in [3.63, 3.8) is 0 Å². The highest BCUT2D eigenvalue weighted by atomic mass is 16.5. The van der Waals surface area contributed by atoms with Crippen LogP contribution < -0.4 is 15.4 Å². The minimum atomic E-state index is -0.294. The number of fused-ring (bicyclic) bond motifs is 1. The summed E-state index contributed by atoms with van der Waals surface area (Å²) in [4.78, 5) is 29.3. The van der Waals surface area contributed by atoms with E-state index in [9.17, 15) is 9.59 Å². The number of rotatable bonds is 7. The average Bonchev–Trinajstić information content (AvgIpc) is 3.41. The van der Waals surface area contributed by atoms with Gasteiger partial charge < -0.3 is 19.8 Å². The van der Waals surface area contributed by atoms with Crippen molar-refractivity contribution in [1.82, 2.24) is 20.1 Å². The Bertz CT molecular complexity index is 1260. The molecule has 0 aliphatic rings. The number of amides is 2. The molecule has 32 heavy (non-hydrogen) atoms. The normalized spacial score (nSPS) is 10.8. The molecule has 0 spiro atoms. The van der Waals surface area contributed by atoms with Crippen molar-refractivity contribution in [3.05, 3.63) is 60.0 Å². The molecule has 164 valence electrons. The second-order valence-corrected chi connectivity index (χ2v) is 7.16. The smallest absolute Gasteiger partial charge is 0.257 e. The third-order valence-electron chi connectivity index (χ3n) is 4.84. The summed E-state index contributed by atoms with van der Waals surface area (Å²) in [7, 11) is 1.79. The number of hydrogen-bond donors (Lipinski definition) is 2. The van der Waals surface area contributed by atoms with Crippen molar-refractivity contribution in [2.24, 2.45) is 7.05 Å². The first-order chi connectivity index (χ1) is 15.5. The van der Waals surface area contributed by atoms with E-state index in [0.29, 0.717) is 51.7 Å². The summed E-state index contributed by atoms with van der Waals surface area (Å²) in [6.45, 7) is 4.17. The molecule has 3 aromatic heterocycles. The number of ether oxygens (including phenoxy) is 1. The predicted octanol–water partition coefficient (Wildman–Crippen LogP) is 3.30. The van der Waals surface area contributed by atoms with Gasteiger partial charge in [-0.25, -0.2) is 4.98 Å². The summed E-state index contributed by atoms with van der Waals surface area (Å²) in [6, 6.07) is 12.1. The van der Waals surface area contributed by atoms with Crippen LogP contribution in [0.15, 0.2) is 53.1 Å². The van der Waals surface area contributed by atoms with Crippen LogP contribution in [0.2, 0.25) is 0 Å². The number of anilines is 1. The molecule has 4 rings (SSSR count). The summed E-state index contributed by atoms with van der Waals surface area (Å²) in [5.74, 6) is 0.611. The molecular formula is C23H23N5O4. The van der Waals surface area contributed by atoms with Gasteiger partial charge in [-0.05, 0) is 56.3 Å². The maximum atomic E-state index is 13.2. The van der Waals surface area contributed by atoms with Crippen molar-refractivity contribution >= 4 is 28.5 Å². The van der Waals surface area contributed by atoms with Gasteiger partial charge >= 0.3 is 0 Å². The van der Waals surface area contributed by atoms with Crippen LogP contribution in [-0.2, 0) is 11.8 Å². The van der Waals surface area contributed by atoms with E-state index in [2.05, 4.69) is 20.7 Å². The number of likely N-dealkylation sites (N-methyl/N-ethyl adjacent to an activating group) is 1. The molecule has 0 bridgehead atoms. The average molecular weight is 433 g/mol. The van der Waals surface area contributed by atoms with Gasteiger partial charge in [-0.1, -0.05) is 0 Å². The first-order valence-corrected chi connectivity index (χ1v) is 10.2. The SMILES string of the molecule is CCNC(=O)COc1ccc(NC(=O)c2cc(-c3ccco3)nc3c2c(C)nn3C)cc1. The van der Waals surface area contributed by atoms with Crippen LogP contribution in [0.1, 0.15) is 23.0 Å². The molecule has 0 atom stereocenters. The maximum absolute atomic E-state index is 13.2. The number of furan rings is 1. The summed E-state index contributed by atoms with van der Waals surface area (Å²) in [6.07, 6.45) is 1.56. The van der Waals surface area contributed by atoms with Gasteiger partial charge in [0.25, 0.3) is 11.8 Å². The second-order valence-electron chi connectivity index (χ2n) is 7.16. The molecule has 2 amide bonds. The van der Waals surface area contributed by atoms with Crippen molar-refractivity contribution in [1.29, 1.82) is 0 Å². The number of hydrogen-bond acceptors (Lipinski definition) is 6. The van der Waals surface area contributed by atoms with Gasteiger partial charge in [0, 0.05) is 19.3 Å². The van der Waals surface area contributed by atoms with Crippen LogP contribution in [0.3, 0.4) is 0 Å². The van der Waals surface area contributed by atoms with Crippen molar-refractivity contribution in [2.75, 3.05) is 18.5 Å². The molecule has 0 saturated heterocycles. The van der Waals surface area contributed by atoms with Gasteiger partial charge in [0.15, 0.2) is 18.0 Å². The van der Waals surface area contributed by atoms with Crippen molar-refractivity contribution in [3.8, 4) is 17.2 Å². The van der Waals surface area contributed by atoms with Gasteiger partial charge in [0.1, 0.15) is 11.4 Å². The van der Waals surface area contributed by atoms with Gasteiger partial charge in [-0.3, -0.25) is 14.3 Å². The Kier molecular flexibility index (Phi) is 5.89. The standard InChI is InChI=1S/C23H23N5O4/c1-4-24-20(29)13-32-16-9-7-15(8-10-16)25-23(30)17-12-18(19-6-5-11-31-19)26-22-21(17)14(2)27-28(22)3/h5-12H,4,13H2,1-3H3,(H,24,29)(H,25,30). The van der Waals surface area contributed by atoms with Gasteiger partial charge in [-0.2, -0.15) is 5.10 Å². The zero-order valence-corrected chi connectivity index (χ0v) is 18.0. The fraction of sp³-hybridized carbons (Fsp3) is 0.217. The first-order valence-electron chi connectivity index (χ1n) is 10.2. The molecule has 1 aromatic carbocycles. The molecule has 9 heteroatoms. The highest BCUT2D eigenvalue weighted by Crippen LogP contribution is 2.28. The summed E-state index contributed by atoms with van der Waals surface area (Å²) in [5.41, 5.74) is 2.88. The van der Waals surface area contributed by atoms with E-state index in [0.717, 1.165) is 0 Å². The zero-order chi connectivity index (χ0) is 22.7. The third-order valence-corrected chi connectivity index (χ3v) is 4.84. The number of pyridine rings is 1. The van der Waals surface area contributed by atoms with Gasteiger partial charge in [-0.15, -0.1) is 0 Å². The van der Waals surface area contributed by atoms with E-state index in [1.54, 1.807) is 60.5 Å². The molecule has 0 unspecified atom stereocenters. The lowest BCUT2D eigenvalue weighted by Crippen LogP contribution is -2.28. The Balaban J connectivity index is 1.58. The second kappa shape index (κ2) is 8.93. The Morgan fingerprint density at radius 3 is 2.66 bits per heavy atom. The largest absolute Gasteiger partial charge is 0.484 e. The van der Waals surface area contributed by atoms with Crippen LogP contribution in [0.5, 0.6) is 5.75 Å². The quantitative estimate of drug-likeness (QED) is 0.463. The Hall–Kier alpha value is -4.14. The maximum Gasteiger partial charge on any atom is 0.257 e. The van der Waals surface area contributed by atoms with Crippen molar-refractivity contribution < 1.29 is 18.7 Å². The van der Waals surface area contributed by atoms with E-state index in [1.165, 1.54) is 0 Å². The lowest BCUT2D eigenvalue weighted by Gasteiger charge is -2.10. The molecule has 3 heterocycles. The van der Waals surface area contributed by atoms with Gasteiger partial charge in [0.05, 0.1) is 22.9 Å². The molecular weight excluding hydrogens is 410 g/mol. The Labute approximate surface area is 184 Å². The summed E-state index contributed by atoms with van der Waals surface area (Å²) in [5, 5.41) is 10.7. The van der Waals surface area contributed by atoms with E-state index >= 15 is 0 Å². The van der Waals surface area contributed by atoms with E-state index in [1.807, 2.05) is 13.8 Å². The van der Waals surface area contributed by atoms with E-state index < -0.39 is 0 Å². The van der Waals surface area contributed by atoms with E-state index in [4.69, 9.17) is 9.15 Å². The first kappa shape index (κ1) is 21.1. The minimum absolute atomic E-state index is 0.0651. The van der Waals surface area contributed by atoms with Crippen LogP contribution in [0.4, 0.5) is 5.69 Å². The lowest BCUT2D eigenvalue weighted by atomic mass is 10.1. The minimum Gasteiger partial charge on any atom is -0.484 e. The Morgan fingerprint density at radius 2 is 1.97 bits per heavy atom. The third kappa shape index (κ3) is 4.31. The fourth-order valence-electron chi connectivity index (χ4n) is 3.40. The van der Waals surface area contributed by atoms with Gasteiger partial charge in [0.2, 0.25) is 0 Å². The number of nitrogens with zero attached hydrogens (tertiary/aromatic N) is 3. The molecule has 2 N–H and O–H groups in total. The Morgan fingerprint density at radius 1 is 1.19 bits per heavy atom. The van der Waals surface area contributed by atoms with Crippen LogP contribution in [-0.4, -0.2) is 39.7 Å². The monoisotopic (exact) mass is 433 g/mol. The topological polar surface area (TPSA) is 111 Å². The van der Waals surface area contributed by atoms with Crippen LogP contribution in [0.25, 0.3) is 22.5 Å². The highest BCUT2D eigenvalue weighted by Gasteiger charge is 2.20. The number of carbonyl (C=O) groups excluding carboxylic acids is 2. The molecule has 0 aliphatic heterocycles. The number of carbonyl (C=O) groups is 2. The molecule has 0 saturated carbocycles. The van der Waals surface area contributed by atoms with E-state index in [-0.39, 0.29) is 18.4 Å². The van der Waals surface area contributed by atoms with Crippen LogP contribution >= 0.6 is 0 Å². The predicted molar refractivity (Wildman–Crippen MR) is 120 cm³/mol. The highest BCUT2D eigenvalue weighted by molar-refractivity contribution is 6.13.